The van der Waals surface area contributed by atoms with E-state index in [-0.39, 0.29) is 5.60 Å². The number of hydrogen-bond acceptors (Lipinski definition) is 1. The van der Waals surface area contributed by atoms with Crippen molar-refractivity contribution >= 4 is 0 Å². The van der Waals surface area contributed by atoms with Crippen LogP contribution in [0, 0.1) is 0 Å². The van der Waals surface area contributed by atoms with Gasteiger partial charge in [-0.2, -0.15) is 0 Å². The highest BCUT2D eigenvalue weighted by atomic mass is 16.5. The highest BCUT2D eigenvalue weighted by Gasteiger charge is 2.42. The molecule has 0 aliphatic carbocycles. The van der Waals surface area contributed by atoms with Crippen molar-refractivity contribution in [1.29, 1.82) is 0 Å². The van der Waals surface area contributed by atoms with Gasteiger partial charge in [-0.25, -0.2) is 0 Å². The van der Waals surface area contributed by atoms with E-state index in [4.69, 9.17) is 4.74 Å². The lowest BCUT2D eigenvalue weighted by Gasteiger charge is -2.46. The Hall–Kier alpha value is -1.08. The maximum absolute atomic E-state index is 6.31. The van der Waals surface area contributed by atoms with Crippen molar-refractivity contribution in [2.75, 3.05) is 0 Å². The molecule has 2 bridgehead atoms. The molecule has 0 saturated carbocycles. The Morgan fingerprint density at radius 1 is 1.25 bits per heavy atom. The smallest absolute Gasteiger partial charge is 0.0972 e. The van der Waals surface area contributed by atoms with Crippen LogP contribution in [0.1, 0.15) is 37.7 Å². The maximum Gasteiger partial charge on any atom is 0.0972 e. The zero-order valence-corrected chi connectivity index (χ0v) is 9.61. The molecule has 2 fully saturated rings. The molecule has 2 saturated heterocycles. The normalized spacial score (nSPS) is 33.8. The van der Waals surface area contributed by atoms with Gasteiger partial charge in [0.05, 0.1) is 11.7 Å². The second-order valence-electron chi connectivity index (χ2n) is 5.12. The largest absolute Gasteiger partial charge is 0.366 e. The van der Waals surface area contributed by atoms with Gasteiger partial charge in [0.1, 0.15) is 0 Å². The molecule has 0 aromatic heterocycles. The van der Waals surface area contributed by atoms with Gasteiger partial charge in [-0.15, -0.1) is 0 Å². The second-order valence-corrected chi connectivity index (χ2v) is 5.12. The van der Waals surface area contributed by atoms with Crippen LogP contribution < -0.4 is 0 Å². The fraction of sp³-hybridized carbons (Fsp3) is 0.467. The van der Waals surface area contributed by atoms with Gasteiger partial charge in [0.25, 0.3) is 0 Å². The molecule has 0 N–H and O–H groups in total. The molecule has 3 rings (SSSR count). The highest BCUT2D eigenvalue weighted by Crippen LogP contribution is 2.47. The van der Waals surface area contributed by atoms with Crippen molar-refractivity contribution in [2.45, 2.75) is 43.8 Å². The lowest BCUT2D eigenvalue weighted by Crippen LogP contribution is -2.42. The van der Waals surface area contributed by atoms with E-state index in [1.165, 1.54) is 24.0 Å². The third kappa shape index (κ3) is 1.60. The van der Waals surface area contributed by atoms with E-state index in [0.717, 1.165) is 19.3 Å². The molecule has 0 spiro atoms. The molecule has 84 valence electrons. The average molecular weight is 214 g/mol. The number of rotatable bonds is 1. The lowest BCUT2D eigenvalue weighted by molar-refractivity contribution is -0.150. The predicted molar refractivity (Wildman–Crippen MR) is 65.2 cm³/mol. The first-order chi connectivity index (χ1) is 7.78. The molecule has 1 aromatic carbocycles. The van der Waals surface area contributed by atoms with Crippen LogP contribution in [0.5, 0.6) is 0 Å². The van der Waals surface area contributed by atoms with Crippen molar-refractivity contribution in [3.05, 3.63) is 48.0 Å². The minimum Gasteiger partial charge on any atom is -0.366 e. The van der Waals surface area contributed by atoms with Crippen LogP contribution in [0.3, 0.4) is 0 Å². The Labute approximate surface area is 97.1 Å². The third-order valence-corrected chi connectivity index (χ3v) is 3.85. The van der Waals surface area contributed by atoms with E-state index in [2.05, 4.69) is 36.9 Å². The summed E-state index contributed by atoms with van der Waals surface area (Å²) in [5.74, 6) is 0. The van der Waals surface area contributed by atoms with Crippen LogP contribution in [0.4, 0.5) is 0 Å². The fourth-order valence-electron chi connectivity index (χ4n) is 3.18. The first-order valence-electron chi connectivity index (χ1n) is 6.18. The standard InChI is InChI=1S/C15H18O/c1-12-10-14-8-5-9-15(11-12,16-14)13-6-3-2-4-7-13/h2-4,6-7,14H,1,5,8-11H2. The van der Waals surface area contributed by atoms with E-state index in [0.29, 0.717) is 6.10 Å². The molecule has 1 nitrogen and oxygen atoms in total. The Bertz CT molecular complexity index is 395. The van der Waals surface area contributed by atoms with E-state index >= 15 is 0 Å². The molecule has 2 heterocycles. The summed E-state index contributed by atoms with van der Waals surface area (Å²) in [6.07, 6.45) is 6.12. The first kappa shape index (κ1) is 10.1. The second kappa shape index (κ2) is 3.74. The van der Waals surface area contributed by atoms with E-state index in [1.54, 1.807) is 0 Å². The summed E-state index contributed by atoms with van der Waals surface area (Å²) in [7, 11) is 0. The minimum absolute atomic E-state index is 0.0560. The Morgan fingerprint density at radius 2 is 2.06 bits per heavy atom. The van der Waals surface area contributed by atoms with Crippen LogP contribution >= 0.6 is 0 Å². The van der Waals surface area contributed by atoms with Gasteiger partial charge in [0, 0.05) is 6.42 Å². The van der Waals surface area contributed by atoms with Gasteiger partial charge >= 0.3 is 0 Å². The van der Waals surface area contributed by atoms with Crippen LogP contribution in [-0.2, 0) is 10.3 Å². The fourth-order valence-corrected chi connectivity index (χ4v) is 3.18. The SMILES string of the molecule is C=C1CC2CCCC(c3ccccc3)(C1)O2. The van der Waals surface area contributed by atoms with Crippen LogP contribution in [0.2, 0.25) is 0 Å². The summed E-state index contributed by atoms with van der Waals surface area (Å²) in [5, 5.41) is 0. The Morgan fingerprint density at radius 3 is 2.88 bits per heavy atom. The predicted octanol–water partition coefficient (Wildman–Crippen LogP) is 3.80. The summed E-state index contributed by atoms with van der Waals surface area (Å²) in [4.78, 5) is 0. The summed E-state index contributed by atoms with van der Waals surface area (Å²) in [5.41, 5.74) is 2.64. The van der Waals surface area contributed by atoms with E-state index in [9.17, 15) is 0 Å². The maximum atomic E-state index is 6.31. The highest BCUT2D eigenvalue weighted by molar-refractivity contribution is 5.27. The van der Waals surface area contributed by atoms with E-state index in [1.807, 2.05) is 0 Å². The van der Waals surface area contributed by atoms with Gasteiger partial charge in [-0.1, -0.05) is 42.5 Å². The van der Waals surface area contributed by atoms with Gasteiger partial charge < -0.3 is 4.74 Å². The van der Waals surface area contributed by atoms with Crippen LogP contribution in [0.25, 0.3) is 0 Å². The van der Waals surface area contributed by atoms with Crippen molar-refractivity contribution in [3.63, 3.8) is 0 Å². The van der Waals surface area contributed by atoms with Crippen molar-refractivity contribution in [3.8, 4) is 0 Å². The Kier molecular flexibility index (Phi) is 2.36. The number of hydrogen-bond donors (Lipinski definition) is 0. The van der Waals surface area contributed by atoms with Gasteiger partial charge in [0.2, 0.25) is 0 Å². The molecule has 2 unspecified atom stereocenters. The molecular formula is C15H18O. The topological polar surface area (TPSA) is 9.23 Å². The van der Waals surface area contributed by atoms with Crippen LogP contribution in [-0.4, -0.2) is 6.10 Å². The quantitative estimate of drug-likeness (QED) is 0.646. The van der Waals surface area contributed by atoms with Gasteiger partial charge in [-0.3, -0.25) is 0 Å². The van der Waals surface area contributed by atoms with Crippen molar-refractivity contribution in [2.24, 2.45) is 0 Å². The molecular weight excluding hydrogens is 196 g/mol. The summed E-state index contributed by atoms with van der Waals surface area (Å²) < 4.78 is 6.31. The van der Waals surface area contributed by atoms with Crippen LogP contribution in [0.15, 0.2) is 42.5 Å². The number of benzene rings is 1. The molecule has 16 heavy (non-hydrogen) atoms. The number of ether oxygens (including phenoxy) is 1. The summed E-state index contributed by atoms with van der Waals surface area (Å²) in [6, 6.07) is 10.7. The average Bonchev–Trinajstić information content (AvgIpc) is 2.29. The third-order valence-electron chi connectivity index (χ3n) is 3.85. The summed E-state index contributed by atoms with van der Waals surface area (Å²) in [6.45, 7) is 4.19. The Balaban J connectivity index is 1.99. The molecule has 1 aromatic rings. The van der Waals surface area contributed by atoms with Gasteiger partial charge in [0.15, 0.2) is 0 Å². The monoisotopic (exact) mass is 214 g/mol. The van der Waals surface area contributed by atoms with E-state index < -0.39 is 0 Å². The van der Waals surface area contributed by atoms with Crippen molar-refractivity contribution < 1.29 is 4.74 Å². The van der Waals surface area contributed by atoms with Gasteiger partial charge in [-0.05, 0) is 31.2 Å². The zero-order valence-electron chi connectivity index (χ0n) is 9.61. The molecule has 0 amide bonds. The molecule has 0 radical (unpaired) electrons. The minimum atomic E-state index is -0.0560. The molecule has 2 atom stereocenters. The molecule has 2 aliphatic rings. The molecule has 1 heteroatoms. The summed E-state index contributed by atoms with van der Waals surface area (Å²) >= 11 is 0. The number of fused-ring (bicyclic) bond motifs is 2. The first-order valence-corrected chi connectivity index (χ1v) is 6.18. The zero-order chi connectivity index (χ0) is 11.0. The molecule has 2 aliphatic heterocycles. The lowest BCUT2D eigenvalue weighted by atomic mass is 9.75. The van der Waals surface area contributed by atoms with Crippen molar-refractivity contribution in [1.82, 2.24) is 0 Å².